The van der Waals surface area contributed by atoms with E-state index in [1.807, 2.05) is 25.7 Å². The molecular formula is C11H20N2O2. The van der Waals surface area contributed by atoms with Gasteiger partial charge >= 0.3 is 6.09 Å². The van der Waals surface area contributed by atoms with Gasteiger partial charge in [0.25, 0.3) is 0 Å². The van der Waals surface area contributed by atoms with Crippen LogP contribution in [0, 0.1) is 5.92 Å². The van der Waals surface area contributed by atoms with Crippen LogP contribution < -0.4 is 5.32 Å². The zero-order valence-electron chi connectivity index (χ0n) is 9.75. The SMILES string of the molecule is CC(C)(C)OC(=O)N1CC2CCN[C@H]2C1. The van der Waals surface area contributed by atoms with Crippen molar-refractivity contribution in [2.45, 2.75) is 38.8 Å². The molecule has 15 heavy (non-hydrogen) atoms. The summed E-state index contributed by atoms with van der Waals surface area (Å²) in [4.78, 5) is 13.6. The predicted octanol–water partition coefficient (Wildman–Crippen LogP) is 1.22. The molecule has 2 aliphatic rings. The Morgan fingerprint density at radius 3 is 2.73 bits per heavy atom. The number of carbonyl (C=O) groups excluding carboxylic acids is 1. The zero-order chi connectivity index (χ0) is 11.1. The van der Waals surface area contributed by atoms with E-state index in [9.17, 15) is 4.79 Å². The molecule has 1 N–H and O–H groups in total. The Morgan fingerprint density at radius 1 is 1.40 bits per heavy atom. The van der Waals surface area contributed by atoms with Crippen LogP contribution in [0.3, 0.4) is 0 Å². The maximum Gasteiger partial charge on any atom is 0.410 e. The third-order valence-electron chi connectivity index (χ3n) is 3.01. The summed E-state index contributed by atoms with van der Waals surface area (Å²) in [5, 5.41) is 3.42. The van der Waals surface area contributed by atoms with Gasteiger partial charge in [0.15, 0.2) is 0 Å². The Bertz CT molecular complexity index is 248. The molecule has 0 aromatic rings. The van der Waals surface area contributed by atoms with Gasteiger partial charge in [-0.05, 0) is 39.7 Å². The van der Waals surface area contributed by atoms with Crippen molar-refractivity contribution in [1.82, 2.24) is 10.2 Å². The average Bonchev–Trinajstić information content (AvgIpc) is 2.56. The number of nitrogens with one attached hydrogen (secondary N) is 1. The van der Waals surface area contributed by atoms with Gasteiger partial charge in [-0.3, -0.25) is 0 Å². The fourth-order valence-corrected chi connectivity index (χ4v) is 2.32. The summed E-state index contributed by atoms with van der Waals surface area (Å²) >= 11 is 0. The van der Waals surface area contributed by atoms with Gasteiger partial charge in [0.2, 0.25) is 0 Å². The molecule has 0 aromatic carbocycles. The minimum atomic E-state index is -0.387. The highest BCUT2D eigenvalue weighted by Gasteiger charge is 2.39. The van der Waals surface area contributed by atoms with Crippen molar-refractivity contribution in [1.29, 1.82) is 0 Å². The van der Waals surface area contributed by atoms with Crippen molar-refractivity contribution in [3.63, 3.8) is 0 Å². The molecule has 2 heterocycles. The lowest BCUT2D eigenvalue weighted by molar-refractivity contribution is 0.0283. The number of ether oxygens (including phenoxy) is 1. The van der Waals surface area contributed by atoms with Crippen LogP contribution in [0.5, 0.6) is 0 Å². The molecule has 0 aliphatic carbocycles. The van der Waals surface area contributed by atoms with Crippen LogP contribution in [0.2, 0.25) is 0 Å². The highest BCUT2D eigenvalue weighted by atomic mass is 16.6. The van der Waals surface area contributed by atoms with E-state index in [4.69, 9.17) is 4.74 Å². The number of amides is 1. The summed E-state index contributed by atoms with van der Waals surface area (Å²) in [6.07, 6.45) is 1.02. The molecule has 1 amide bonds. The fourth-order valence-electron chi connectivity index (χ4n) is 2.32. The third-order valence-corrected chi connectivity index (χ3v) is 3.01. The Kier molecular flexibility index (Phi) is 2.63. The van der Waals surface area contributed by atoms with E-state index in [2.05, 4.69) is 5.32 Å². The lowest BCUT2D eigenvalue weighted by atomic mass is 10.1. The molecule has 0 spiro atoms. The van der Waals surface area contributed by atoms with Crippen molar-refractivity contribution in [2.75, 3.05) is 19.6 Å². The molecule has 2 atom stereocenters. The van der Waals surface area contributed by atoms with Crippen LogP contribution in [-0.2, 0) is 4.74 Å². The number of rotatable bonds is 0. The van der Waals surface area contributed by atoms with Crippen molar-refractivity contribution >= 4 is 6.09 Å². The molecule has 0 saturated carbocycles. The lowest BCUT2D eigenvalue weighted by Gasteiger charge is -2.24. The average molecular weight is 212 g/mol. The Balaban J connectivity index is 1.88. The molecule has 1 unspecified atom stereocenters. The highest BCUT2D eigenvalue weighted by molar-refractivity contribution is 5.68. The van der Waals surface area contributed by atoms with E-state index in [0.29, 0.717) is 12.0 Å². The van der Waals surface area contributed by atoms with Crippen molar-refractivity contribution in [3.05, 3.63) is 0 Å². The summed E-state index contributed by atoms with van der Waals surface area (Å²) < 4.78 is 5.35. The zero-order valence-corrected chi connectivity index (χ0v) is 9.75. The first-order valence-electron chi connectivity index (χ1n) is 5.67. The summed E-state index contributed by atoms with van der Waals surface area (Å²) in [5.41, 5.74) is -0.387. The third kappa shape index (κ3) is 2.43. The fraction of sp³-hybridized carbons (Fsp3) is 0.909. The molecule has 0 radical (unpaired) electrons. The molecule has 2 rings (SSSR count). The van der Waals surface area contributed by atoms with Crippen LogP contribution in [0.1, 0.15) is 27.2 Å². The number of nitrogens with zero attached hydrogens (tertiary/aromatic N) is 1. The summed E-state index contributed by atoms with van der Waals surface area (Å²) in [6, 6.07) is 0.498. The maximum atomic E-state index is 11.8. The molecular weight excluding hydrogens is 192 g/mol. The number of hydrogen-bond donors (Lipinski definition) is 1. The Hall–Kier alpha value is -0.770. The molecule has 4 nitrogen and oxygen atoms in total. The van der Waals surface area contributed by atoms with Gasteiger partial charge in [-0.25, -0.2) is 4.79 Å². The number of hydrogen-bond acceptors (Lipinski definition) is 3. The highest BCUT2D eigenvalue weighted by Crippen LogP contribution is 2.25. The summed E-state index contributed by atoms with van der Waals surface area (Å²) in [6.45, 7) is 8.46. The van der Waals surface area contributed by atoms with Crippen LogP contribution in [0.25, 0.3) is 0 Å². The number of fused-ring (bicyclic) bond motifs is 1. The van der Waals surface area contributed by atoms with Crippen LogP contribution >= 0.6 is 0 Å². The quantitative estimate of drug-likeness (QED) is 0.656. The van der Waals surface area contributed by atoms with E-state index in [1.165, 1.54) is 6.42 Å². The van der Waals surface area contributed by atoms with E-state index in [0.717, 1.165) is 19.6 Å². The van der Waals surface area contributed by atoms with Gasteiger partial charge < -0.3 is 15.0 Å². The van der Waals surface area contributed by atoms with Gasteiger partial charge in [-0.15, -0.1) is 0 Å². The van der Waals surface area contributed by atoms with Gasteiger partial charge in [0.1, 0.15) is 5.60 Å². The van der Waals surface area contributed by atoms with Gasteiger partial charge in [0.05, 0.1) is 0 Å². The monoisotopic (exact) mass is 212 g/mol. The Morgan fingerprint density at radius 2 is 2.13 bits per heavy atom. The van der Waals surface area contributed by atoms with E-state index < -0.39 is 0 Å². The van der Waals surface area contributed by atoms with Crippen LogP contribution in [-0.4, -0.2) is 42.3 Å². The largest absolute Gasteiger partial charge is 0.444 e. The number of likely N-dealkylation sites (tertiary alicyclic amines) is 1. The van der Waals surface area contributed by atoms with Crippen LogP contribution in [0.4, 0.5) is 4.79 Å². The van der Waals surface area contributed by atoms with E-state index in [-0.39, 0.29) is 11.7 Å². The summed E-state index contributed by atoms with van der Waals surface area (Å²) in [5.74, 6) is 0.637. The maximum absolute atomic E-state index is 11.8. The minimum absolute atomic E-state index is 0.168. The van der Waals surface area contributed by atoms with Gasteiger partial charge in [-0.2, -0.15) is 0 Å². The first kappa shape index (κ1) is 10.7. The van der Waals surface area contributed by atoms with Crippen LogP contribution in [0.15, 0.2) is 0 Å². The predicted molar refractivity (Wildman–Crippen MR) is 57.7 cm³/mol. The van der Waals surface area contributed by atoms with Crippen molar-refractivity contribution in [2.24, 2.45) is 5.92 Å². The Labute approximate surface area is 91.0 Å². The smallest absolute Gasteiger partial charge is 0.410 e. The van der Waals surface area contributed by atoms with Crippen molar-refractivity contribution in [3.8, 4) is 0 Å². The normalized spacial score (nSPS) is 30.5. The second-order valence-corrected chi connectivity index (χ2v) is 5.49. The topological polar surface area (TPSA) is 41.6 Å². The lowest BCUT2D eigenvalue weighted by Crippen LogP contribution is -2.37. The molecule has 2 fully saturated rings. The van der Waals surface area contributed by atoms with E-state index in [1.54, 1.807) is 0 Å². The molecule has 0 aromatic heterocycles. The molecule has 2 saturated heterocycles. The number of carbonyl (C=O) groups is 1. The van der Waals surface area contributed by atoms with Gasteiger partial charge in [0, 0.05) is 19.1 Å². The molecule has 0 bridgehead atoms. The standard InChI is InChI=1S/C11H20N2O2/c1-11(2,3)15-10(14)13-6-8-4-5-12-9(8)7-13/h8-9,12H,4-7H2,1-3H3/t8?,9-/m0/s1. The van der Waals surface area contributed by atoms with Crippen molar-refractivity contribution < 1.29 is 9.53 Å². The van der Waals surface area contributed by atoms with E-state index >= 15 is 0 Å². The minimum Gasteiger partial charge on any atom is -0.444 e. The first-order valence-corrected chi connectivity index (χ1v) is 5.67. The first-order chi connectivity index (χ1) is 6.96. The summed E-state index contributed by atoms with van der Waals surface area (Å²) in [7, 11) is 0. The second-order valence-electron chi connectivity index (χ2n) is 5.49. The molecule has 4 heteroatoms. The molecule has 86 valence electrons. The van der Waals surface area contributed by atoms with Gasteiger partial charge in [-0.1, -0.05) is 0 Å². The second kappa shape index (κ2) is 3.67. The molecule has 2 aliphatic heterocycles.